The molecule has 0 heterocycles. The van der Waals surface area contributed by atoms with Gasteiger partial charge in [-0.2, -0.15) is 0 Å². The molecule has 0 radical (unpaired) electrons. The molecule has 20 heavy (non-hydrogen) atoms. The lowest BCUT2D eigenvalue weighted by molar-refractivity contribution is 0.156. The Bertz CT molecular complexity index is 288. The Balaban J connectivity index is 2.74. The summed E-state index contributed by atoms with van der Waals surface area (Å²) in [7, 11) is 0. The molecular weight excluding hydrogens is 240 g/mol. The van der Waals surface area contributed by atoms with Crippen molar-refractivity contribution in [1.29, 1.82) is 0 Å². The highest BCUT2D eigenvalue weighted by molar-refractivity contribution is 5.07. The second-order valence-electron chi connectivity index (χ2n) is 8.86. The normalized spacial score (nSPS) is 29.6. The molecule has 1 aliphatic rings. The van der Waals surface area contributed by atoms with Crippen molar-refractivity contribution in [2.24, 2.45) is 34.5 Å². The van der Waals surface area contributed by atoms with E-state index in [0.29, 0.717) is 10.8 Å². The van der Waals surface area contributed by atoms with E-state index in [-0.39, 0.29) is 0 Å². The second kappa shape index (κ2) is 6.84. The topological polar surface area (TPSA) is 0 Å². The largest absolute Gasteiger partial charge is 0.0654 e. The number of hydrogen-bond donors (Lipinski definition) is 0. The van der Waals surface area contributed by atoms with E-state index in [1.165, 1.54) is 38.5 Å². The van der Waals surface area contributed by atoms with E-state index >= 15 is 0 Å². The van der Waals surface area contributed by atoms with E-state index in [2.05, 4.69) is 55.4 Å². The quantitative estimate of drug-likeness (QED) is 0.429. The summed E-state index contributed by atoms with van der Waals surface area (Å²) in [5.74, 6) is 3.66. The monoisotopic (exact) mass is 280 g/mol. The van der Waals surface area contributed by atoms with Crippen LogP contribution in [-0.2, 0) is 0 Å². The molecule has 0 saturated heterocycles. The van der Waals surface area contributed by atoms with E-state index in [1.807, 2.05) is 0 Å². The van der Waals surface area contributed by atoms with Crippen LogP contribution in [0.2, 0.25) is 0 Å². The molecule has 0 nitrogen and oxygen atoms in total. The van der Waals surface area contributed by atoms with Gasteiger partial charge in [0.15, 0.2) is 0 Å². The van der Waals surface area contributed by atoms with Gasteiger partial charge < -0.3 is 0 Å². The molecule has 120 valence electrons. The van der Waals surface area contributed by atoms with Crippen molar-refractivity contribution in [2.75, 3.05) is 0 Å². The molecule has 0 aliphatic heterocycles. The molecule has 0 amide bonds. The molecule has 0 aromatic carbocycles. The van der Waals surface area contributed by atoms with Gasteiger partial charge in [-0.3, -0.25) is 0 Å². The molecule has 1 saturated carbocycles. The van der Waals surface area contributed by atoms with Gasteiger partial charge in [-0.1, -0.05) is 74.7 Å². The minimum Gasteiger partial charge on any atom is -0.0654 e. The summed E-state index contributed by atoms with van der Waals surface area (Å²) in [4.78, 5) is 0. The standard InChI is InChI=1S/C20H40/c1-9-11-16(5)17(6)20(14-18(20)15(3)4)13-12-19(7,8)10-2/h15-18H,9-14H2,1-8H3. The fraction of sp³-hybridized carbons (Fsp3) is 1.00. The van der Waals surface area contributed by atoms with E-state index in [4.69, 9.17) is 0 Å². The average Bonchev–Trinajstić information content (AvgIpc) is 3.12. The first-order chi connectivity index (χ1) is 9.20. The van der Waals surface area contributed by atoms with Gasteiger partial charge in [0.25, 0.3) is 0 Å². The molecule has 1 aliphatic carbocycles. The second-order valence-corrected chi connectivity index (χ2v) is 8.86. The lowest BCUT2D eigenvalue weighted by Gasteiger charge is -2.34. The molecule has 0 spiro atoms. The molecule has 0 N–H and O–H groups in total. The molecule has 0 aromatic rings. The van der Waals surface area contributed by atoms with Crippen LogP contribution in [-0.4, -0.2) is 0 Å². The average molecular weight is 281 g/mol. The Morgan fingerprint density at radius 1 is 1.10 bits per heavy atom. The lowest BCUT2D eigenvalue weighted by Crippen LogP contribution is -2.25. The van der Waals surface area contributed by atoms with Crippen molar-refractivity contribution >= 4 is 0 Å². The maximum Gasteiger partial charge on any atom is -0.0235 e. The fourth-order valence-corrected chi connectivity index (χ4v) is 4.31. The maximum atomic E-state index is 2.56. The van der Waals surface area contributed by atoms with Gasteiger partial charge in [0.1, 0.15) is 0 Å². The Kier molecular flexibility index (Phi) is 6.17. The molecule has 4 unspecified atom stereocenters. The van der Waals surface area contributed by atoms with Gasteiger partial charge in [0.05, 0.1) is 0 Å². The van der Waals surface area contributed by atoms with E-state index in [1.54, 1.807) is 0 Å². The Morgan fingerprint density at radius 2 is 1.70 bits per heavy atom. The molecule has 0 bridgehead atoms. The summed E-state index contributed by atoms with van der Waals surface area (Å²) < 4.78 is 0. The van der Waals surface area contributed by atoms with Crippen molar-refractivity contribution in [3.63, 3.8) is 0 Å². The van der Waals surface area contributed by atoms with Crippen LogP contribution in [0, 0.1) is 34.5 Å². The minimum absolute atomic E-state index is 0.533. The summed E-state index contributed by atoms with van der Waals surface area (Å²) >= 11 is 0. The maximum absolute atomic E-state index is 2.56. The summed E-state index contributed by atoms with van der Waals surface area (Å²) in [5, 5.41) is 0. The van der Waals surface area contributed by atoms with E-state index < -0.39 is 0 Å². The van der Waals surface area contributed by atoms with Crippen LogP contribution in [0.3, 0.4) is 0 Å². The van der Waals surface area contributed by atoms with Crippen molar-refractivity contribution in [3.8, 4) is 0 Å². The van der Waals surface area contributed by atoms with Crippen LogP contribution in [0.5, 0.6) is 0 Å². The van der Waals surface area contributed by atoms with Crippen LogP contribution in [0.15, 0.2) is 0 Å². The van der Waals surface area contributed by atoms with E-state index in [9.17, 15) is 0 Å². The van der Waals surface area contributed by atoms with Gasteiger partial charge in [0, 0.05) is 0 Å². The first kappa shape index (κ1) is 18.1. The summed E-state index contributed by atoms with van der Waals surface area (Å²) in [6, 6.07) is 0. The van der Waals surface area contributed by atoms with Crippen LogP contribution >= 0.6 is 0 Å². The third kappa shape index (κ3) is 4.01. The predicted octanol–water partition coefficient (Wildman–Crippen LogP) is 6.94. The Labute approximate surface area is 129 Å². The van der Waals surface area contributed by atoms with Crippen LogP contribution in [0.4, 0.5) is 0 Å². The van der Waals surface area contributed by atoms with Gasteiger partial charge in [-0.15, -0.1) is 0 Å². The zero-order chi connectivity index (χ0) is 15.6. The minimum atomic E-state index is 0.533. The van der Waals surface area contributed by atoms with Crippen molar-refractivity contribution < 1.29 is 0 Å². The highest BCUT2D eigenvalue weighted by atomic mass is 14.6. The van der Waals surface area contributed by atoms with Crippen LogP contribution < -0.4 is 0 Å². The van der Waals surface area contributed by atoms with Crippen molar-refractivity contribution in [2.45, 2.75) is 93.9 Å². The Hall–Kier alpha value is 0. The molecule has 1 fully saturated rings. The molecular formula is C20H40. The molecule has 0 heteroatoms. The third-order valence-corrected chi connectivity index (χ3v) is 6.71. The van der Waals surface area contributed by atoms with E-state index in [0.717, 1.165) is 23.7 Å². The third-order valence-electron chi connectivity index (χ3n) is 6.71. The molecule has 0 aromatic heterocycles. The summed E-state index contributed by atoms with van der Waals surface area (Å²) in [6.45, 7) is 19.5. The number of rotatable bonds is 9. The fourth-order valence-electron chi connectivity index (χ4n) is 4.31. The van der Waals surface area contributed by atoms with Crippen LogP contribution in [0.1, 0.15) is 93.9 Å². The zero-order valence-corrected chi connectivity index (χ0v) is 15.6. The van der Waals surface area contributed by atoms with Crippen molar-refractivity contribution in [3.05, 3.63) is 0 Å². The smallest absolute Gasteiger partial charge is 0.0235 e. The first-order valence-corrected chi connectivity index (χ1v) is 9.20. The van der Waals surface area contributed by atoms with Gasteiger partial charge in [-0.05, 0) is 53.8 Å². The lowest BCUT2D eigenvalue weighted by atomic mass is 9.71. The van der Waals surface area contributed by atoms with Crippen molar-refractivity contribution in [1.82, 2.24) is 0 Å². The van der Waals surface area contributed by atoms with Crippen LogP contribution in [0.25, 0.3) is 0 Å². The SMILES string of the molecule is CCCC(C)C(C)C1(CCC(C)(C)CC)CC1C(C)C. The highest BCUT2D eigenvalue weighted by Crippen LogP contribution is 2.66. The summed E-state index contributed by atoms with van der Waals surface area (Å²) in [5.41, 5.74) is 1.21. The Morgan fingerprint density at radius 3 is 2.10 bits per heavy atom. The molecule has 4 atom stereocenters. The van der Waals surface area contributed by atoms with Gasteiger partial charge >= 0.3 is 0 Å². The summed E-state index contributed by atoms with van der Waals surface area (Å²) in [6.07, 6.45) is 8.44. The highest BCUT2D eigenvalue weighted by Gasteiger charge is 2.58. The van der Waals surface area contributed by atoms with Gasteiger partial charge in [-0.25, -0.2) is 0 Å². The number of hydrogen-bond acceptors (Lipinski definition) is 0. The predicted molar refractivity (Wildman–Crippen MR) is 91.9 cm³/mol. The van der Waals surface area contributed by atoms with Gasteiger partial charge in [0.2, 0.25) is 0 Å². The zero-order valence-electron chi connectivity index (χ0n) is 15.6. The molecule has 1 rings (SSSR count). The first-order valence-electron chi connectivity index (χ1n) is 9.20.